The van der Waals surface area contributed by atoms with Crippen molar-refractivity contribution in [3.63, 3.8) is 0 Å². The van der Waals surface area contributed by atoms with Crippen LogP contribution in [0.2, 0.25) is 5.02 Å². The minimum atomic E-state index is -0.532. The summed E-state index contributed by atoms with van der Waals surface area (Å²) < 4.78 is 5.70. The summed E-state index contributed by atoms with van der Waals surface area (Å²) in [5.41, 5.74) is 2.18. The van der Waals surface area contributed by atoms with Gasteiger partial charge in [-0.1, -0.05) is 17.7 Å². The van der Waals surface area contributed by atoms with Crippen molar-refractivity contribution in [2.24, 2.45) is 0 Å². The number of hydrogen-bond donors (Lipinski definition) is 1. The van der Waals surface area contributed by atoms with E-state index in [1.54, 1.807) is 30.3 Å². The minimum Gasteiger partial charge on any atom is -0.490 e. The van der Waals surface area contributed by atoms with E-state index in [9.17, 15) is 9.59 Å². The molecule has 2 aliphatic rings. The zero-order valence-electron chi connectivity index (χ0n) is 14.9. The van der Waals surface area contributed by atoms with Crippen molar-refractivity contribution in [2.45, 2.75) is 0 Å². The lowest BCUT2D eigenvalue weighted by molar-refractivity contribution is -0.122. The third-order valence-electron chi connectivity index (χ3n) is 4.58. The topological polar surface area (TPSA) is 61.9 Å². The number of nitrogens with zero attached hydrogens (tertiary/aromatic N) is 2. The zero-order chi connectivity index (χ0) is 19.8. The van der Waals surface area contributed by atoms with E-state index in [0.717, 1.165) is 18.0 Å². The molecule has 0 atom stereocenters. The van der Waals surface area contributed by atoms with Crippen molar-refractivity contribution in [3.05, 3.63) is 58.6 Å². The third-order valence-corrected chi connectivity index (χ3v) is 5.11. The van der Waals surface area contributed by atoms with Gasteiger partial charge in [-0.15, -0.1) is 0 Å². The van der Waals surface area contributed by atoms with Crippen LogP contribution in [0.25, 0.3) is 6.08 Å². The van der Waals surface area contributed by atoms with Gasteiger partial charge in [0.15, 0.2) is 5.11 Å². The molecule has 4 rings (SSSR count). The summed E-state index contributed by atoms with van der Waals surface area (Å²) in [6.45, 7) is 1.39. The van der Waals surface area contributed by atoms with Crippen LogP contribution >= 0.6 is 23.8 Å². The summed E-state index contributed by atoms with van der Waals surface area (Å²) in [6.07, 6.45) is 1.54. The zero-order valence-corrected chi connectivity index (χ0v) is 16.5. The number of halogens is 1. The van der Waals surface area contributed by atoms with E-state index >= 15 is 0 Å². The van der Waals surface area contributed by atoms with E-state index in [2.05, 4.69) is 10.2 Å². The van der Waals surface area contributed by atoms with Crippen LogP contribution in [0.3, 0.4) is 0 Å². The molecule has 0 aromatic heterocycles. The Hall–Kier alpha value is -2.90. The molecule has 1 fully saturated rings. The Morgan fingerprint density at radius 1 is 1.18 bits per heavy atom. The van der Waals surface area contributed by atoms with Crippen LogP contribution < -0.4 is 19.9 Å². The molecule has 2 heterocycles. The van der Waals surface area contributed by atoms with Crippen molar-refractivity contribution >= 4 is 58.2 Å². The van der Waals surface area contributed by atoms with Gasteiger partial charge in [-0.3, -0.25) is 19.8 Å². The third kappa shape index (κ3) is 3.34. The fourth-order valence-electron chi connectivity index (χ4n) is 3.11. The second kappa shape index (κ2) is 7.26. The van der Waals surface area contributed by atoms with Gasteiger partial charge in [-0.25, -0.2) is 0 Å². The van der Waals surface area contributed by atoms with Gasteiger partial charge in [-0.2, -0.15) is 0 Å². The van der Waals surface area contributed by atoms with Crippen molar-refractivity contribution < 1.29 is 14.3 Å². The average molecular weight is 414 g/mol. The molecule has 0 spiro atoms. The highest BCUT2D eigenvalue weighted by Crippen LogP contribution is 2.32. The lowest BCUT2D eigenvalue weighted by Crippen LogP contribution is -2.54. The fourth-order valence-corrected chi connectivity index (χ4v) is 3.52. The van der Waals surface area contributed by atoms with Gasteiger partial charge < -0.3 is 9.64 Å². The summed E-state index contributed by atoms with van der Waals surface area (Å²) in [4.78, 5) is 28.8. The van der Waals surface area contributed by atoms with Crippen LogP contribution in [0, 0.1) is 0 Å². The molecule has 28 heavy (non-hydrogen) atoms. The van der Waals surface area contributed by atoms with Gasteiger partial charge in [0.05, 0.1) is 17.9 Å². The highest BCUT2D eigenvalue weighted by Gasteiger charge is 2.34. The molecule has 6 nitrogen and oxygen atoms in total. The van der Waals surface area contributed by atoms with Crippen LogP contribution in [0.15, 0.2) is 48.0 Å². The van der Waals surface area contributed by atoms with Crippen LogP contribution in [-0.4, -0.2) is 37.1 Å². The van der Waals surface area contributed by atoms with E-state index in [0.29, 0.717) is 22.9 Å². The number of thiocarbonyl (C=S) groups is 1. The van der Waals surface area contributed by atoms with E-state index in [1.807, 2.05) is 25.2 Å². The summed E-state index contributed by atoms with van der Waals surface area (Å²) in [5.74, 6) is -0.306. The number of hydrogen-bond acceptors (Lipinski definition) is 5. The van der Waals surface area contributed by atoms with Crippen molar-refractivity contribution in [2.75, 3.05) is 30.0 Å². The van der Waals surface area contributed by atoms with Crippen LogP contribution in [0.4, 0.5) is 11.4 Å². The first-order valence-electron chi connectivity index (χ1n) is 8.59. The van der Waals surface area contributed by atoms with E-state index in [4.69, 9.17) is 28.6 Å². The quantitative estimate of drug-likeness (QED) is 0.466. The van der Waals surface area contributed by atoms with Gasteiger partial charge in [0, 0.05) is 12.1 Å². The number of anilines is 2. The van der Waals surface area contributed by atoms with Crippen molar-refractivity contribution in [1.29, 1.82) is 0 Å². The van der Waals surface area contributed by atoms with Gasteiger partial charge >= 0.3 is 0 Å². The Labute approximate surface area is 172 Å². The van der Waals surface area contributed by atoms with Gasteiger partial charge in [0.25, 0.3) is 11.8 Å². The molecule has 2 aliphatic heterocycles. The van der Waals surface area contributed by atoms with Crippen LogP contribution in [0.1, 0.15) is 5.56 Å². The molecular formula is C20H16ClN3O3S. The molecule has 0 unspecified atom stereocenters. The molecule has 142 valence electrons. The van der Waals surface area contributed by atoms with Crippen LogP contribution in [-0.2, 0) is 9.59 Å². The van der Waals surface area contributed by atoms with E-state index in [-0.39, 0.29) is 10.7 Å². The van der Waals surface area contributed by atoms with Crippen molar-refractivity contribution in [1.82, 2.24) is 5.32 Å². The standard InChI is InChI=1S/C20H16ClN3O3S/c1-23-8-9-27-17-11-12(2-7-16(17)23)10-15-18(25)22-20(28)24(19(15)26)14-5-3-13(21)4-6-14/h2-7,10-11H,8-9H2,1H3,(H,22,25,28). The van der Waals surface area contributed by atoms with Crippen molar-refractivity contribution in [3.8, 4) is 5.75 Å². The maximum Gasteiger partial charge on any atom is 0.270 e. The first-order valence-corrected chi connectivity index (χ1v) is 9.37. The summed E-state index contributed by atoms with van der Waals surface area (Å²) >= 11 is 11.1. The predicted octanol–water partition coefficient (Wildman–Crippen LogP) is 3.00. The fraction of sp³-hybridized carbons (Fsp3) is 0.150. The molecule has 0 aliphatic carbocycles. The number of carbonyl (C=O) groups excluding carboxylic acids is 2. The summed E-state index contributed by atoms with van der Waals surface area (Å²) in [5, 5.41) is 3.14. The molecule has 8 heteroatoms. The number of ether oxygens (including phenoxy) is 1. The normalized spacial score (nSPS) is 18.1. The number of fused-ring (bicyclic) bond motifs is 1. The molecule has 0 saturated carbocycles. The number of likely N-dealkylation sites (N-methyl/N-ethyl adjacent to an activating group) is 1. The van der Waals surface area contributed by atoms with Gasteiger partial charge in [0.2, 0.25) is 0 Å². The number of rotatable bonds is 2. The predicted molar refractivity (Wildman–Crippen MR) is 113 cm³/mol. The molecule has 2 aromatic rings. The highest BCUT2D eigenvalue weighted by atomic mass is 35.5. The number of amides is 2. The molecular weight excluding hydrogens is 398 g/mol. The molecule has 1 N–H and O–H groups in total. The Morgan fingerprint density at radius 3 is 2.68 bits per heavy atom. The first-order chi connectivity index (χ1) is 13.4. The smallest absolute Gasteiger partial charge is 0.270 e. The number of nitrogens with one attached hydrogen (secondary N) is 1. The lowest BCUT2D eigenvalue weighted by atomic mass is 10.1. The van der Waals surface area contributed by atoms with Gasteiger partial charge in [-0.05, 0) is 60.3 Å². The van der Waals surface area contributed by atoms with Gasteiger partial charge in [0.1, 0.15) is 17.9 Å². The van der Waals surface area contributed by atoms with Crippen LogP contribution in [0.5, 0.6) is 5.75 Å². The molecule has 2 aromatic carbocycles. The van der Waals surface area contributed by atoms with E-state index in [1.165, 1.54) is 4.90 Å². The molecule has 2 amide bonds. The maximum absolute atomic E-state index is 13.0. The minimum absolute atomic E-state index is 0.00679. The first kappa shape index (κ1) is 18.5. The SMILES string of the molecule is CN1CCOc2cc(C=C3C(=O)NC(=S)N(c4ccc(Cl)cc4)C3=O)ccc21. The number of benzene rings is 2. The Morgan fingerprint density at radius 2 is 1.93 bits per heavy atom. The molecule has 1 saturated heterocycles. The molecule has 0 radical (unpaired) electrons. The molecule has 0 bridgehead atoms. The Kier molecular flexibility index (Phi) is 4.78. The second-order valence-corrected chi connectivity index (χ2v) is 7.25. The highest BCUT2D eigenvalue weighted by molar-refractivity contribution is 7.80. The average Bonchev–Trinajstić information content (AvgIpc) is 2.66. The second-order valence-electron chi connectivity index (χ2n) is 6.43. The Balaban J connectivity index is 1.70. The van der Waals surface area contributed by atoms with E-state index < -0.39 is 11.8 Å². The maximum atomic E-state index is 13.0. The summed E-state index contributed by atoms with van der Waals surface area (Å²) in [6, 6.07) is 12.2. The lowest BCUT2D eigenvalue weighted by Gasteiger charge is -2.29. The monoisotopic (exact) mass is 413 g/mol. The number of carbonyl (C=O) groups is 2. The Bertz CT molecular complexity index is 1020. The summed E-state index contributed by atoms with van der Waals surface area (Å²) in [7, 11) is 1.99. The largest absolute Gasteiger partial charge is 0.490 e.